The number of ether oxygens (including phenoxy) is 1. The lowest BCUT2D eigenvalue weighted by Gasteiger charge is -2.23. The third kappa shape index (κ3) is 4.26. The molecule has 0 spiro atoms. The van der Waals surface area contributed by atoms with Crippen LogP contribution >= 0.6 is 22.9 Å². The van der Waals surface area contributed by atoms with E-state index >= 15 is 0 Å². The van der Waals surface area contributed by atoms with Gasteiger partial charge in [0.05, 0.1) is 6.54 Å². The quantitative estimate of drug-likeness (QED) is 0.519. The van der Waals surface area contributed by atoms with Crippen LogP contribution in [0.15, 0.2) is 66.9 Å². The Kier molecular flexibility index (Phi) is 5.74. The highest BCUT2D eigenvalue weighted by Gasteiger charge is 2.17. The molecule has 0 atom stereocenters. The molecule has 0 N–H and O–H groups in total. The smallest absolute Gasteiger partial charge is 0.296 e. The van der Waals surface area contributed by atoms with Gasteiger partial charge in [-0.1, -0.05) is 66.1 Å². The summed E-state index contributed by atoms with van der Waals surface area (Å²) in [6.07, 6.45) is 7.27. The van der Waals surface area contributed by atoms with Crippen LogP contribution in [0.1, 0.15) is 23.6 Å². The maximum absolute atomic E-state index is 5.92. The van der Waals surface area contributed by atoms with E-state index in [-0.39, 0.29) is 0 Å². The average molecular weight is 410 g/mol. The molecule has 0 unspecified atom stereocenters. The number of anilines is 1. The third-order valence-electron chi connectivity index (χ3n) is 4.57. The monoisotopic (exact) mass is 409 g/mol. The summed E-state index contributed by atoms with van der Waals surface area (Å²) in [5, 5.41) is 10.6. The van der Waals surface area contributed by atoms with Crippen LogP contribution in [0.2, 0.25) is 5.02 Å². The van der Waals surface area contributed by atoms with E-state index in [4.69, 9.17) is 16.3 Å². The number of nitrogens with zero attached hydrogens (tertiary/aromatic N) is 3. The van der Waals surface area contributed by atoms with E-state index in [0.29, 0.717) is 16.8 Å². The molecule has 0 bridgehead atoms. The number of halogens is 1. The van der Waals surface area contributed by atoms with Crippen LogP contribution in [-0.4, -0.2) is 16.7 Å². The fourth-order valence-corrected chi connectivity index (χ4v) is 3.91. The summed E-state index contributed by atoms with van der Waals surface area (Å²) in [6.45, 7) is 3.39. The van der Waals surface area contributed by atoms with Gasteiger partial charge in [0.1, 0.15) is 6.61 Å². The van der Waals surface area contributed by atoms with Gasteiger partial charge in [0, 0.05) is 11.2 Å². The minimum atomic E-state index is 0.441. The van der Waals surface area contributed by atoms with Crippen molar-refractivity contribution in [1.29, 1.82) is 0 Å². The molecule has 0 radical (unpaired) electrons. The Hall–Kier alpha value is -2.63. The summed E-state index contributed by atoms with van der Waals surface area (Å²) < 4.78 is 5.79. The van der Waals surface area contributed by atoms with Crippen molar-refractivity contribution in [3.8, 4) is 5.19 Å². The number of hydrogen-bond acceptors (Lipinski definition) is 5. The molecule has 6 heteroatoms. The summed E-state index contributed by atoms with van der Waals surface area (Å²) in [7, 11) is 0. The second kappa shape index (κ2) is 8.59. The predicted molar refractivity (Wildman–Crippen MR) is 116 cm³/mol. The van der Waals surface area contributed by atoms with E-state index in [9.17, 15) is 0 Å². The highest BCUT2D eigenvalue weighted by molar-refractivity contribution is 7.17. The first-order chi connectivity index (χ1) is 13.7. The van der Waals surface area contributed by atoms with Gasteiger partial charge in [-0.15, -0.1) is 5.10 Å². The van der Waals surface area contributed by atoms with Gasteiger partial charge in [-0.2, -0.15) is 0 Å². The SMILES string of the molecule is CCc1ccccc1C1=CC=CN(c2nnc(OCc3ccc(Cl)cc3)s2)C1. The van der Waals surface area contributed by atoms with E-state index in [0.717, 1.165) is 23.7 Å². The zero-order valence-corrected chi connectivity index (χ0v) is 17.1. The number of aromatic nitrogens is 2. The molecule has 4 nitrogen and oxygen atoms in total. The Balaban J connectivity index is 1.43. The summed E-state index contributed by atoms with van der Waals surface area (Å²) in [4.78, 5) is 2.11. The Bertz CT molecular complexity index is 1010. The summed E-state index contributed by atoms with van der Waals surface area (Å²) in [6, 6.07) is 16.1. The van der Waals surface area contributed by atoms with Crippen LogP contribution in [0.4, 0.5) is 5.13 Å². The molecule has 0 aliphatic carbocycles. The fraction of sp³-hybridized carbons (Fsp3) is 0.182. The molecule has 1 aromatic heterocycles. The molecule has 142 valence electrons. The molecule has 0 saturated carbocycles. The normalized spacial score (nSPS) is 13.5. The minimum Gasteiger partial charge on any atom is -0.464 e. The molecule has 3 aromatic rings. The van der Waals surface area contributed by atoms with Crippen LogP contribution in [-0.2, 0) is 13.0 Å². The second-order valence-electron chi connectivity index (χ2n) is 6.44. The summed E-state index contributed by atoms with van der Waals surface area (Å²) in [5.41, 5.74) is 4.97. The van der Waals surface area contributed by atoms with Gasteiger partial charge in [-0.3, -0.25) is 0 Å². The lowest BCUT2D eigenvalue weighted by molar-refractivity contribution is 0.302. The van der Waals surface area contributed by atoms with Crippen LogP contribution in [0.3, 0.4) is 0 Å². The maximum atomic E-state index is 5.92. The van der Waals surface area contributed by atoms with Gasteiger partial charge in [-0.05, 0) is 58.2 Å². The molecular weight excluding hydrogens is 390 g/mol. The van der Waals surface area contributed by atoms with Gasteiger partial charge < -0.3 is 9.64 Å². The van der Waals surface area contributed by atoms with E-state index in [1.54, 1.807) is 0 Å². The van der Waals surface area contributed by atoms with Crippen LogP contribution in [0, 0.1) is 0 Å². The van der Waals surface area contributed by atoms with Gasteiger partial charge in [-0.25, -0.2) is 0 Å². The molecule has 0 amide bonds. The lowest BCUT2D eigenvalue weighted by Crippen LogP contribution is -2.21. The Morgan fingerprint density at radius 3 is 2.75 bits per heavy atom. The van der Waals surface area contributed by atoms with Gasteiger partial charge in [0.2, 0.25) is 5.13 Å². The number of aryl methyl sites for hydroxylation is 1. The fourth-order valence-electron chi connectivity index (χ4n) is 3.10. The molecule has 2 heterocycles. The van der Waals surface area contributed by atoms with E-state index < -0.39 is 0 Å². The van der Waals surface area contributed by atoms with Crippen LogP contribution in [0.25, 0.3) is 5.57 Å². The predicted octanol–water partition coefficient (Wildman–Crippen LogP) is 5.75. The molecule has 2 aromatic carbocycles. The Labute approximate surface area is 173 Å². The minimum absolute atomic E-state index is 0.441. The molecular formula is C22H20ClN3OS. The zero-order valence-electron chi connectivity index (χ0n) is 15.5. The maximum Gasteiger partial charge on any atom is 0.296 e. The number of benzene rings is 2. The van der Waals surface area contributed by atoms with Crippen LogP contribution < -0.4 is 9.64 Å². The van der Waals surface area contributed by atoms with Crippen molar-refractivity contribution in [2.24, 2.45) is 0 Å². The first kappa shape index (κ1) is 18.7. The van der Waals surface area contributed by atoms with E-state index in [1.165, 1.54) is 28.0 Å². The van der Waals surface area contributed by atoms with Gasteiger partial charge in [0.25, 0.3) is 5.19 Å². The van der Waals surface area contributed by atoms with Crippen molar-refractivity contribution in [1.82, 2.24) is 10.2 Å². The third-order valence-corrected chi connectivity index (χ3v) is 5.69. The largest absolute Gasteiger partial charge is 0.464 e. The van der Waals surface area contributed by atoms with Crippen molar-refractivity contribution in [2.75, 3.05) is 11.4 Å². The highest BCUT2D eigenvalue weighted by atomic mass is 35.5. The standard InChI is InChI=1S/C22H20ClN3OS/c1-2-17-6-3-4-8-20(17)18-7-5-13-26(14-18)21-24-25-22(28-21)27-15-16-9-11-19(23)12-10-16/h3-13H,2,14-15H2,1H3. The van der Waals surface area contributed by atoms with E-state index in [1.807, 2.05) is 30.5 Å². The van der Waals surface area contributed by atoms with Crippen LogP contribution in [0.5, 0.6) is 5.19 Å². The Morgan fingerprint density at radius 2 is 1.93 bits per heavy atom. The van der Waals surface area contributed by atoms with Crippen molar-refractivity contribution in [2.45, 2.75) is 20.0 Å². The number of rotatable bonds is 6. The summed E-state index contributed by atoms with van der Waals surface area (Å²) >= 11 is 7.36. The molecule has 0 saturated heterocycles. The topological polar surface area (TPSA) is 38.2 Å². The van der Waals surface area contributed by atoms with Crippen molar-refractivity contribution >= 4 is 33.6 Å². The lowest BCUT2D eigenvalue weighted by atomic mass is 9.96. The van der Waals surface area contributed by atoms with Crippen molar-refractivity contribution in [3.63, 3.8) is 0 Å². The van der Waals surface area contributed by atoms with E-state index in [2.05, 4.69) is 58.4 Å². The van der Waals surface area contributed by atoms with Gasteiger partial charge >= 0.3 is 0 Å². The van der Waals surface area contributed by atoms with Crippen molar-refractivity contribution in [3.05, 3.63) is 88.6 Å². The molecule has 1 aliphatic rings. The second-order valence-corrected chi connectivity index (χ2v) is 7.79. The molecule has 4 rings (SSSR count). The van der Waals surface area contributed by atoms with Crippen molar-refractivity contribution < 1.29 is 4.74 Å². The molecule has 0 fully saturated rings. The Morgan fingerprint density at radius 1 is 1.11 bits per heavy atom. The highest BCUT2D eigenvalue weighted by Crippen LogP contribution is 2.31. The first-order valence-electron chi connectivity index (χ1n) is 9.16. The molecule has 28 heavy (non-hydrogen) atoms. The average Bonchev–Trinajstić information content (AvgIpc) is 3.22. The first-order valence-corrected chi connectivity index (χ1v) is 10.4. The summed E-state index contributed by atoms with van der Waals surface area (Å²) in [5.74, 6) is 0. The number of hydrogen-bond donors (Lipinski definition) is 0. The zero-order chi connectivity index (χ0) is 19.3. The molecule has 1 aliphatic heterocycles. The van der Waals surface area contributed by atoms with Gasteiger partial charge in [0.15, 0.2) is 0 Å². The number of allylic oxidation sites excluding steroid dienone is 2.